The van der Waals surface area contributed by atoms with E-state index >= 15 is 0 Å². The van der Waals surface area contributed by atoms with Crippen LogP contribution in [0.4, 0.5) is 8.78 Å². The van der Waals surface area contributed by atoms with Crippen molar-refractivity contribution in [2.24, 2.45) is 0 Å². The van der Waals surface area contributed by atoms with E-state index in [1.165, 1.54) is 24.3 Å². The van der Waals surface area contributed by atoms with Crippen molar-refractivity contribution in [3.8, 4) is 0 Å². The summed E-state index contributed by atoms with van der Waals surface area (Å²) >= 11 is 0. The zero-order valence-corrected chi connectivity index (χ0v) is 21.1. The standard InChI is InChI=1S/C14H18FNO.C10H9FO2.C4H11N/c1-3-16(4-2)9-8-14(17)11-12-6-5-7-13(15)10-12;11-9-3-1-2-8(6-9)7-10(13)4-5-12;1-3-5-4-2/h5-10H,3-4,11H2,1-2H3;1-6,12H,7H2;5H,3-4H2,1-2H3/b9-8+;;. The first kappa shape index (κ1) is 31.7. The summed E-state index contributed by atoms with van der Waals surface area (Å²) in [6, 6.07) is 12.0. The summed E-state index contributed by atoms with van der Waals surface area (Å²) in [5.41, 5.74) is 1.31. The number of nitrogens with zero attached hydrogens (tertiary/aromatic N) is 1. The molecule has 2 N–H and O–H groups in total. The summed E-state index contributed by atoms with van der Waals surface area (Å²) in [5, 5.41) is 11.4. The highest BCUT2D eigenvalue weighted by Gasteiger charge is 2.02. The minimum atomic E-state index is -0.363. The van der Waals surface area contributed by atoms with Gasteiger partial charge in [0, 0.05) is 38.2 Å². The summed E-state index contributed by atoms with van der Waals surface area (Å²) in [4.78, 5) is 24.6. The predicted molar refractivity (Wildman–Crippen MR) is 138 cm³/mol. The van der Waals surface area contributed by atoms with E-state index in [0.717, 1.165) is 32.3 Å². The van der Waals surface area contributed by atoms with Crippen LogP contribution in [0, 0.1) is 11.6 Å². The molecule has 2 aromatic carbocycles. The Hall–Kier alpha value is -3.32. The Morgan fingerprint density at radius 3 is 1.63 bits per heavy atom. The largest absolute Gasteiger partial charge is 0.515 e. The molecule has 0 saturated heterocycles. The van der Waals surface area contributed by atoms with Crippen LogP contribution in [0.3, 0.4) is 0 Å². The molecule has 0 aliphatic rings. The van der Waals surface area contributed by atoms with Gasteiger partial charge in [-0.3, -0.25) is 9.59 Å². The molecule has 0 fully saturated rings. The van der Waals surface area contributed by atoms with Gasteiger partial charge < -0.3 is 15.3 Å². The number of allylic oxidation sites excluding steroid dienone is 2. The molecule has 0 amide bonds. The zero-order chi connectivity index (χ0) is 26.5. The summed E-state index contributed by atoms with van der Waals surface area (Å²) in [6.45, 7) is 12.2. The van der Waals surface area contributed by atoms with Gasteiger partial charge >= 0.3 is 0 Å². The summed E-state index contributed by atoms with van der Waals surface area (Å²) in [7, 11) is 0. The maximum Gasteiger partial charge on any atom is 0.163 e. The minimum Gasteiger partial charge on any atom is -0.515 e. The smallest absolute Gasteiger partial charge is 0.163 e. The molecule has 0 spiro atoms. The van der Waals surface area contributed by atoms with Crippen LogP contribution in [0.2, 0.25) is 0 Å². The lowest BCUT2D eigenvalue weighted by molar-refractivity contribution is -0.114. The number of rotatable bonds is 11. The molecule has 0 heterocycles. The Kier molecular flexibility index (Phi) is 18.2. The van der Waals surface area contributed by atoms with Crippen LogP contribution in [0.15, 0.2) is 73.1 Å². The summed E-state index contributed by atoms with van der Waals surface area (Å²) < 4.78 is 25.5. The third-order valence-corrected chi connectivity index (χ3v) is 4.58. The number of nitrogens with one attached hydrogen (secondary N) is 1. The lowest BCUT2D eigenvalue weighted by atomic mass is 10.1. The molecule has 0 atom stereocenters. The average Bonchev–Trinajstić information content (AvgIpc) is 2.81. The van der Waals surface area contributed by atoms with E-state index in [1.807, 2.05) is 18.7 Å². The van der Waals surface area contributed by atoms with E-state index < -0.39 is 0 Å². The highest BCUT2D eigenvalue weighted by Crippen LogP contribution is 2.06. The van der Waals surface area contributed by atoms with E-state index in [1.54, 1.807) is 36.5 Å². The molecule has 2 aromatic rings. The quantitative estimate of drug-likeness (QED) is 0.327. The summed E-state index contributed by atoms with van der Waals surface area (Å²) in [5.74, 6) is -0.933. The third kappa shape index (κ3) is 16.9. The molecule has 5 nitrogen and oxygen atoms in total. The topological polar surface area (TPSA) is 69.6 Å². The second-order valence-electron chi connectivity index (χ2n) is 7.36. The van der Waals surface area contributed by atoms with E-state index in [-0.39, 0.29) is 36.0 Å². The molecule has 0 aliphatic carbocycles. The number of hydrogen-bond acceptors (Lipinski definition) is 5. The van der Waals surface area contributed by atoms with Crippen LogP contribution >= 0.6 is 0 Å². The van der Waals surface area contributed by atoms with Gasteiger partial charge in [-0.25, -0.2) is 8.78 Å². The van der Waals surface area contributed by atoms with Gasteiger partial charge in [0.1, 0.15) is 11.6 Å². The van der Waals surface area contributed by atoms with Gasteiger partial charge in [-0.05, 0) is 68.4 Å². The zero-order valence-electron chi connectivity index (χ0n) is 21.1. The number of benzene rings is 2. The van der Waals surface area contributed by atoms with Crippen molar-refractivity contribution >= 4 is 11.6 Å². The van der Waals surface area contributed by atoms with Crippen molar-refractivity contribution < 1.29 is 23.5 Å². The van der Waals surface area contributed by atoms with Crippen LogP contribution in [-0.4, -0.2) is 47.8 Å². The molecule has 0 aliphatic heterocycles. The van der Waals surface area contributed by atoms with Crippen LogP contribution < -0.4 is 5.32 Å². The summed E-state index contributed by atoms with van der Waals surface area (Å²) in [6.07, 6.45) is 5.43. The molecule has 0 bridgehead atoms. The number of aliphatic hydroxyl groups excluding tert-OH is 1. The first-order valence-corrected chi connectivity index (χ1v) is 11.8. The fourth-order valence-corrected chi connectivity index (χ4v) is 2.77. The van der Waals surface area contributed by atoms with Crippen LogP contribution in [0.25, 0.3) is 0 Å². The molecular weight excluding hydrogens is 450 g/mol. The first-order valence-electron chi connectivity index (χ1n) is 11.8. The van der Waals surface area contributed by atoms with Crippen molar-refractivity contribution in [2.75, 3.05) is 26.2 Å². The Labute approximate surface area is 208 Å². The second kappa shape index (κ2) is 20.1. The number of aliphatic hydroxyl groups is 1. The molecule has 0 unspecified atom stereocenters. The fourth-order valence-electron chi connectivity index (χ4n) is 2.77. The van der Waals surface area contributed by atoms with Gasteiger partial charge in [0.2, 0.25) is 0 Å². The van der Waals surface area contributed by atoms with E-state index in [9.17, 15) is 18.4 Å². The van der Waals surface area contributed by atoms with Gasteiger partial charge in [0.15, 0.2) is 11.6 Å². The molecule has 2 rings (SSSR count). The second-order valence-corrected chi connectivity index (χ2v) is 7.36. The van der Waals surface area contributed by atoms with Crippen molar-refractivity contribution in [3.63, 3.8) is 0 Å². The molecule has 35 heavy (non-hydrogen) atoms. The molecule has 0 radical (unpaired) electrons. The minimum absolute atomic E-state index is 0.0116. The van der Waals surface area contributed by atoms with E-state index in [2.05, 4.69) is 19.2 Å². The molecule has 0 saturated carbocycles. The average molecular weight is 489 g/mol. The van der Waals surface area contributed by atoms with Crippen LogP contribution in [0.5, 0.6) is 0 Å². The molecule has 7 heteroatoms. The lowest BCUT2D eigenvalue weighted by Crippen LogP contribution is -2.16. The highest BCUT2D eigenvalue weighted by molar-refractivity contribution is 5.91. The molecule has 192 valence electrons. The van der Waals surface area contributed by atoms with Gasteiger partial charge in [0.25, 0.3) is 0 Å². The van der Waals surface area contributed by atoms with Crippen LogP contribution in [0.1, 0.15) is 38.8 Å². The Morgan fingerprint density at radius 2 is 1.29 bits per heavy atom. The number of ketones is 2. The van der Waals surface area contributed by atoms with E-state index in [0.29, 0.717) is 17.4 Å². The van der Waals surface area contributed by atoms with Crippen LogP contribution in [-0.2, 0) is 22.4 Å². The van der Waals surface area contributed by atoms with Crippen molar-refractivity contribution in [3.05, 3.63) is 95.9 Å². The van der Waals surface area contributed by atoms with Crippen molar-refractivity contribution in [1.82, 2.24) is 10.2 Å². The Bertz CT molecular complexity index is 924. The van der Waals surface area contributed by atoms with Gasteiger partial charge in [-0.1, -0.05) is 38.1 Å². The van der Waals surface area contributed by atoms with Gasteiger partial charge in [-0.2, -0.15) is 0 Å². The normalized spacial score (nSPS) is 10.3. The van der Waals surface area contributed by atoms with Crippen molar-refractivity contribution in [2.45, 2.75) is 40.5 Å². The van der Waals surface area contributed by atoms with Crippen molar-refractivity contribution in [1.29, 1.82) is 0 Å². The molecular formula is C28H38F2N2O3. The number of carbonyl (C=O) groups excluding carboxylic acids is 2. The fraction of sp³-hybridized carbons (Fsp3) is 0.357. The third-order valence-electron chi connectivity index (χ3n) is 4.58. The lowest BCUT2D eigenvalue weighted by Gasteiger charge is -2.14. The predicted octanol–water partition coefficient (Wildman–Crippen LogP) is 5.42. The SMILES string of the molecule is CCN(/C=C/C(=O)Cc1cccc(F)c1)CC.CCNCC.O=C(C=CO)Cc1cccc(F)c1. The Balaban J connectivity index is 0.000000567. The number of halogens is 2. The maximum absolute atomic E-state index is 12.9. The number of carbonyl (C=O) groups is 2. The first-order chi connectivity index (χ1) is 16.8. The molecule has 0 aromatic heterocycles. The monoisotopic (exact) mass is 488 g/mol. The van der Waals surface area contributed by atoms with E-state index in [4.69, 9.17) is 5.11 Å². The Morgan fingerprint density at radius 1 is 0.829 bits per heavy atom. The highest BCUT2D eigenvalue weighted by atomic mass is 19.1. The van der Waals surface area contributed by atoms with Gasteiger partial charge in [0.05, 0.1) is 6.26 Å². The maximum atomic E-state index is 12.9. The van der Waals surface area contributed by atoms with Gasteiger partial charge in [-0.15, -0.1) is 0 Å². The number of hydrogen-bond donors (Lipinski definition) is 2.